The van der Waals surface area contributed by atoms with Crippen molar-refractivity contribution in [3.63, 3.8) is 0 Å². The zero-order chi connectivity index (χ0) is 12.5. The molecule has 0 aromatic heterocycles. The smallest absolute Gasteiger partial charge is 0.188 e. The minimum atomic E-state index is -0.0113. The van der Waals surface area contributed by atoms with Gasteiger partial charge in [-0.05, 0) is 25.0 Å². The standard InChI is InChI=1S/C13H17BrO3/c1-16-12-6-4-5-11(9-12)13(15)10-17-8-3-2-7-14/h4-6,9H,2-3,7-8,10H2,1H3. The van der Waals surface area contributed by atoms with Crippen LogP contribution >= 0.6 is 15.9 Å². The third kappa shape index (κ3) is 5.33. The molecule has 0 radical (unpaired) electrons. The predicted octanol–water partition coefficient (Wildman–Crippen LogP) is 3.07. The number of halogens is 1. The second-order valence-corrected chi connectivity index (χ2v) is 4.40. The average molecular weight is 301 g/mol. The third-order valence-corrected chi connectivity index (χ3v) is 2.86. The van der Waals surface area contributed by atoms with Gasteiger partial charge in [-0.25, -0.2) is 0 Å². The van der Waals surface area contributed by atoms with E-state index in [1.54, 1.807) is 25.3 Å². The summed E-state index contributed by atoms with van der Waals surface area (Å²) >= 11 is 3.35. The largest absolute Gasteiger partial charge is 0.497 e. The van der Waals surface area contributed by atoms with Crippen LogP contribution in [0.25, 0.3) is 0 Å². The van der Waals surface area contributed by atoms with Crippen molar-refractivity contribution in [3.8, 4) is 5.75 Å². The number of hydrogen-bond acceptors (Lipinski definition) is 3. The average Bonchev–Trinajstić information content (AvgIpc) is 2.38. The molecule has 0 bridgehead atoms. The molecule has 94 valence electrons. The summed E-state index contributed by atoms with van der Waals surface area (Å²) < 4.78 is 10.4. The number of rotatable bonds is 8. The maximum Gasteiger partial charge on any atom is 0.188 e. The summed E-state index contributed by atoms with van der Waals surface area (Å²) in [6, 6.07) is 7.11. The van der Waals surface area contributed by atoms with Crippen molar-refractivity contribution in [1.82, 2.24) is 0 Å². The summed E-state index contributed by atoms with van der Waals surface area (Å²) in [6.45, 7) is 0.761. The van der Waals surface area contributed by atoms with E-state index in [4.69, 9.17) is 9.47 Å². The summed E-state index contributed by atoms with van der Waals surface area (Å²) in [5.41, 5.74) is 0.629. The van der Waals surface area contributed by atoms with E-state index in [1.807, 2.05) is 6.07 Å². The molecule has 0 unspecified atom stereocenters. The molecule has 0 aliphatic heterocycles. The van der Waals surface area contributed by atoms with Gasteiger partial charge < -0.3 is 9.47 Å². The van der Waals surface area contributed by atoms with Gasteiger partial charge in [-0.1, -0.05) is 28.1 Å². The first-order chi connectivity index (χ1) is 8.27. The van der Waals surface area contributed by atoms with Crippen LogP contribution in [0.3, 0.4) is 0 Å². The monoisotopic (exact) mass is 300 g/mol. The Hall–Kier alpha value is -0.870. The number of ketones is 1. The van der Waals surface area contributed by atoms with Crippen LogP contribution < -0.4 is 4.74 Å². The Morgan fingerprint density at radius 3 is 2.88 bits per heavy atom. The SMILES string of the molecule is COc1cccc(C(=O)COCCCCBr)c1. The van der Waals surface area contributed by atoms with Crippen molar-refractivity contribution in [2.75, 3.05) is 25.7 Å². The normalized spacial score (nSPS) is 10.2. The Morgan fingerprint density at radius 2 is 2.18 bits per heavy atom. The molecule has 0 amide bonds. The van der Waals surface area contributed by atoms with E-state index in [-0.39, 0.29) is 12.4 Å². The molecule has 0 aliphatic rings. The van der Waals surface area contributed by atoms with Crippen molar-refractivity contribution >= 4 is 21.7 Å². The van der Waals surface area contributed by atoms with Crippen molar-refractivity contribution in [3.05, 3.63) is 29.8 Å². The van der Waals surface area contributed by atoms with E-state index in [2.05, 4.69) is 15.9 Å². The van der Waals surface area contributed by atoms with E-state index >= 15 is 0 Å². The van der Waals surface area contributed by atoms with Crippen LogP contribution in [0.1, 0.15) is 23.2 Å². The Morgan fingerprint density at radius 1 is 1.35 bits per heavy atom. The molecular formula is C13H17BrO3. The lowest BCUT2D eigenvalue weighted by atomic mass is 10.1. The lowest BCUT2D eigenvalue weighted by molar-refractivity contribution is 0.0755. The molecule has 0 spiro atoms. The summed E-state index contributed by atoms with van der Waals surface area (Å²) in [5.74, 6) is 0.679. The molecule has 0 saturated heterocycles. The fraction of sp³-hybridized carbons (Fsp3) is 0.462. The minimum absolute atomic E-state index is 0.0113. The number of alkyl halides is 1. The third-order valence-electron chi connectivity index (χ3n) is 2.30. The zero-order valence-corrected chi connectivity index (χ0v) is 11.5. The van der Waals surface area contributed by atoms with Gasteiger partial charge in [-0.3, -0.25) is 4.79 Å². The van der Waals surface area contributed by atoms with Gasteiger partial charge >= 0.3 is 0 Å². The maximum absolute atomic E-state index is 11.8. The molecule has 3 nitrogen and oxygen atoms in total. The predicted molar refractivity (Wildman–Crippen MR) is 71.2 cm³/mol. The van der Waals surface area contributed by atoms with E-state index in [1.165, 1.54) is 0 Å². The molecule has 1 rings (SSSR count). The van der Waals surface area contributed by atoms with Crippen LogP contribution in [0.2, 0.25) is 0 Å². The first-order valence-corrected chi connectivity index (χ1v) is 6.71. The fourth-order valence-electron chi connectivity index (χ4n) is 1.34. The highest BCUT2D eigenvalue weighted by atomic mass is 79.9. The fourth-order valence-corrected chi connectivity index (χ4v) is 1.74. The van der Waals surface area contributed by atoms with E-state index in [9.17, 15) is 4.79 Å². The molecule has 1 aromatic carbocycles. The van der Waals surface area contributed by atoms with Crippen LogP contribution in [0.5, 0.6) is 5.75 Å². The summed E-state index contributed by atoms with van der Waals surface area (Å²) in [5, 5.41) is 0.972. The van der Waals surface area contributed by atoms with E-state index < -0.39 is 0 Å². The van der Waals surface area contributed by atoms with Crippen LogP contribution in [-0.2, 0) is 4.74 Å². The molecule has 4 heteroatoms. The molecule has 1 aromatic rings. The highest BCUT2D eigenvalue weighted by Gasteiger charge is 2.06. The Balaban J connectivity index is 2.36. The molecule has 0 N–H and O–H groups in total. The summed E-state index contributed by atoms with van der Waals surface area (Å²) in [6.07, 6.45) is 2.03. The quantitative estimate of drug-likeness (QED) is 0.420. The topological polar surface area (TPSA) is 35.5 Å². The molecular weight excluding hydrogens is 284 g/mol. The summed E-state index contributed by atoms with van der Waals surface area (Å²) in [7, 11) is 1.58. The van der Waals surface area contributed by atoms with Crippen molar-refractivity contribution in [2.24, 2.45) is 0 Å². The highest BCUT2D eigenvalue weighted by molar-refractivity contribution is 9.09. The second kappa shape index (κ2) is 8.25. The van der Waals surface area contributed by atoms with Gasteiger partial charge in [0, 0.05) is 17.5 Å². The van der Waals surface area contributed by atoms with Gasteiger partial charge in [0.15, 0.2) is 5.78 Å². The zero-order valence-electron chi connectivity index (χ0n) is 9.95. The van der Waals surface area contributed by atoms with Gasteiger partial charge in [0.1, 0.15) is 12.4 Å². The van der Waals surface area contributed by atoms with Gasteiger partial charge in [-0.2, -0.15) is 0 Å². The molecule has 0 heterocycles. The second-order valence-electron chi connectivity index (χ2n) is 3.60. The maximum atomic E-state index is 11.8. The Labute approximate surface area is 110 Å². The van der Waals surface area contributed by atoms with Crippen molar-refractivity contribution in [2.45, 2.75) is 12.8 Å². The highest BCUT2D eigenvalue weighted by Crippen LogP contribution is 2.13. The summed E-state index contributed by atoms with van der Waals surface area (Å²) in [4.78, 5) is 11.8. The Bertz CT molecular complexity index is 352. The molecule has 0 aliphatic carbocycles. The lowest BCUT2D eigenvalue weighted by Gasteiger charge is -2.05. The van der Waals surface area contributed by atoms with Gasteiger partial charge in [0.05, 0.1) is 7.11 Å². The number of hydrogen-bond donors (Lipinski definition) is 0. The minimum Gasteiger partial charge on any atom is -0.497 e. The Kier molecular flexibility index (Phi) is 6.89. The van der Waals surface area contributed by atoms with Crippen LogP contribution in [0.15, 0.2) is 24.3 Å². The molecule has 0 fully saturated rings. The molecule has 0 saturated carbocycles. The van der Waals surface area contributed by atoms with Crippen molar-refractivity contribution in [1.29, 1.82) is 0 Å². The van der Waals surface area contributed by atoms with Gasteiger partial charge in [0.2, 0.25) is 0 Å². The first kappa shape index (κ1) is 14.2. The number of carbonyl (C=O) groups excluding carboxylic acids is 1. The number of carbonyl (C=O) groups is 1. The number of benzene rings is 1. The van der Waals surface area contributed by atoms with Crippen LogP contribution in [0.4, 0.5) is 0 Å². The van der Waals surface area contributed by atoms with Gasteiger partial charge in [0.25, 0.3) is 0 Å². The van der Waals surface area contributed by atoms with E-state index in [0.29, 0.717) is 17.9 Å². The van der Waals surface area contributed by atoms with E-state index in [0.717, 1.165) is 18.2 Å². The number of methoxy groups -OCH3 is 1. The number of unbranched alkanes of at least 4 members (excludes halogenated alkanes) is 1. The lowest BCUT2D eigenvalue weighted by Crippen LogP contribution is -2.10. The van der Waals surface area contributed by atoms with Crippen molar-refractivity contribution < 1.29 is 14.3 Å². The van der Waals surface area contributed by atoms with Crippen LogP contribution in [-0.4, -0.2) is 31.4 Å². The number of ether oxygens (including phenoxy) is 2. The van der Waals surface area contributed by atoms with Crippen LogP contribution in [0, 0.1) is 0 Å². The molecule has 0 atom stereocenters. The number of Topliss-reactive ketones (excluding diaryl/α,β-unsaturated/α-hetero) is 1. The first-order valence-electron chi connectivity index (χ1n) is 5.59. The molecule has 17 heavy (non-hydrogen) atoms. The van der Waals surface area contributed by atoms with Gasteiger partial charge in [-0.15, -0.1) is 0 Å².